The molecule has 0 aromatic carbocycles. The van der Waals surface area contributed by atoms with E-state index in [1.165, 1.54) is 25.8 Å². The normalized spacial score (nSPS) is 32.5. The summed E-state index contributed by atoms with van der Waals surface area (Å²) in [6.07, 6.45) is 5.24. The lowest BCUT2D eigenvalue weighted by Gasteiger charge is -2.11. The minimum absolute atomic E-state index is 0.656. The van der Waals surface area contributed by atoms with Crippen LogP contribution in [0.2, 0.25) is 0 Å². The zero-order valence-corrected chi connectivity index (χ0v) is 6.83. The highest BCUT2D eigenvalue weighted by atomic mass is 16.1. The summed E-state index contributed by atoms with van der Waals surface area (Å²) in [5.41, 5.74) is 0. The van der Waals surface area contributed by atoms with Gasteiger partial charge in [-0.1, -0.05) is 0 Å². The third kappa shape index (κ3) is 1.62. The number of likely N-dealkylation sites (tertiary alicyclic amines) is 1. The van der Waals surface area contributed by atoms with Gasteiger partial charge in [0.15, 0.2) is 0 Å². The predicted molar refractivity (Wildman–Crippen MR) is 43.3 cm³/mol. The summed E-state index contributed by atoms with van der Waals surface area (Å²) < 4.78 is 0. The fourth-order valence-corrected chi connectivity index (χ4v) is 2.09. The lowest BCUT2D eigenvalue weighted by Crippen LogP contribution is -2.22. The SMILES string of the molecule is O=CCN1CCC(C2CC2)C1. The average molecular weight is 153 g/mol. The van der Waals surface area contributed by atoms with Crippen LogP contribution < -0.4 is 0 Å². The molecule has 0 bridgehead atoms. The second kappa shape index (κ2) is 2.94. The molecule has 2 nitrogen and oxygen atoms in total. The van der Waals surface area contributed by atoms with Gasteiger partial charge in [-0.05, 0) is 37.6 Å². The second-order valence-corrected chi connectivity index (χ2v) is 3.81. The van der Waals surface area contributed by atoms with Gasteiger partial charge in [-0.2, -0.15) is 0 Å². The highest BCUT2D eigenvalue weighted by Crippen LogP contribution is 2.40. The molecule has 1 unspecified atom stereocenters. The van der Waals surface area contributed by atoms with E-state index in [2.05, 4.69) is 4.90 Å². The molecule has 0 amide bonds. The van der Waals surface area contributed by atoms with Crippen molar-refractivity contribution >= 4 is 6.29 Å². The third-order valence-corrected chi connectivity index (χ3v) is 2.93. The Morgan fingerprint density at radius 3 is 2.73 bits per heavy atom. The minimum Gasteiger partial charge on any atom is -0.302 e. The number of hydrogen-bond acceptors (Lipinski definition) is 2. The zero-order chi connectivity index (χ0) is 7.68. The fourth-order valence-electron chi connectivity index (χ4n) is 2.09. The first-order valence-electron chi connectivity index (χ1n) is 4.56. The second-order valence-electron chi connectivity index (χ2n) is 3.81. The topological polar surface area (TPSA) is 20.3 Å². The molecule has 62 valence electrons. The van der Waals surface area contributed by atoms with Crippen LogP contribution >= 0.6 is 0 Å². The number of aldehydes is 1. The average Bonchev–Trinajstić information content (AvgIpc) is 2.75. The van der Waals surface area contributed by atoms with Crippen molar-refractivity contribution in [3.63, 3.8) is 0 Å². The Kier molecular flexibility index (Phi) is 1.95. The summed E-state index contributed by atoms with van der Waals surface area (Å²) in [6, 6.07) is 0. The number of nitrogens with zero attached hydrogens (tertiary/aromatic N) is 1. The molecule has 2 heteroatoms. The van der Waals surface area contributed by atoms with Crippen molar-refractivity contribution in [2.45, 2.75) is 19.3 Å². The van der Waals surface area contributed by atoms with Gasteiger partial charge in [-0.15, -0.1) is 0 Å². The van der Waals surface area contributed by atoms with E-state index in [1.54, 1.807) is 0 Å². The summed E-state index contributed by atoms with van der Waals surface area (Å²) in [5.74, 6) is 1.95. The van der Waals surface area contributed by atoms with Crippen LogP contribution in [0, 0.1) is 11.8 Å². The first-order valence-corrected chi connectivity index (χ1v) is 4.56. The molecule has 2 rings (SSSR count). The Balaban J connectivity index is 1.78. The van der Waals surface area contributed by atoms with Crippen molar-refractivity contribution in [2.24, 2.45) is 11.8 Å². The van der Waals surface area contributed by atoms with Crippen molar-refractivity contribution in [1.29, 1.82) is 0 Å². The number of carbonyl (C=O) groups is 1. The van der Waals surface area contributed by atoms with E-state index in [0.29, 0.717) is 6.54 Å². The molecule has 0 spiro atoms. The van der Waals surface area contributed by atoms with Gasteiger partial charge in [0.1, 0.15) is 6.29 Å². The van der Waals surface area contributed by atoms with Gasteiger partial charge in [0.2, 0.25) is 0 Å². The van der Waals surface area contributed by atoms with Gasteiger partial charge in [0.25, 0.3) is 0 Å². The molecule has 0 N–H and O–H groups in total. The van der Waals surface area contributed by atoms with Crippen molar-refractivity contribution in [2.75, 3.05) is 19.6 Å². The highest BCUT2D eigenvalue weighted by molar-refractivity contribution is 5.52. The lowest BCUT2D eigenvalue weighted by molar-refractivity contribution is -0.108. The summed E-state index contributed by atoms with van der Waals surface area (Å²) in [4.78, 5) is 12.5. The number of rotatable bonds is 3. The van der Waals surface area contributed by atoms with Gasteiger partial charge in [-0.25, -0.2) is 0 Å². The molecule has 2 fully saturated rings. The van der Waals surface area contributed by atoms with E-state index in [4.69, 9.17) is 0 Å². The number of hydrogen-bond donors (Lipinski definition) is 0. The summed E-state index contributed by atoms with van der Waals surface area (Å²) >= 11 is 0. The van der Waals surface area contributed by atoms with Gasteiger partial charge >= 0.3 is 0 Å². The van der Waals surface area contributed by atoms with Crippen molar-refractivity contribution in [1.82, 2.24) is 4.90 Å². The fraction of sp³-hybridized carbons (Fsp3) is 0.889. The maximum atomic E-state index is 10.2. The van der Waals surface area contributed by atoms with E-state index in [1.807, 2.05) is 0 Å². The summed E-state index contributed by atoms with van der Waals surface area (Å²) in [5, 5.41) is 0. The van der Waals surface area contributed by atoms with Crippen LogP contribution in [0.5, 0.6) is 0 Å². The molecule has 1 saturated heterocycles. The van der Waals surface area contributed by atoms with Gasteiger partial charge in [0.05, 0.1) is 6.54 Å². The lowest BCUT2D eigenvalue weighted by atomic mass is 10.0. The van der Waals surface area contributed by atoms with Crippen LogP contribution in [0.3, 0.4) is 0 Å². The summed E-state index contributed by atoms with van der Waals surface area (Å²) in [7, 11) is 0. The predicted octanol–water partition coefficient (Wildman–Crippen LogP) is 0.917. The largest absolute Gasteiger partial charge is 0.302 e. The standard InChI is InChI=1S/C9H15NO/c11-6-5-10-4-3-9(7-10)8-1-2-8/h6,8-9H,1-5,7H2. The maximum absolute atomic E-state index is 10.2. The first kappa shape index (κ1) is 7.29. The Morgan fingerprint density at radius 2 is 2.09 bits per heavy atom. The smallest absolute Gasteiger partial charge is 0.133 e. The van der Waals surface area contributed by atoms with Crippen LogP contribution in [0.25, 0.3) is 0 Å². The van der Waals surface area contributed by atoms with Crippen LogP contribution in [-0.4, -0.2) is 30.8 Å². The van der Waals surface area contributed by atoms with E-state index in [9.17, 15) is 4.79 Å². The van der Waals surface area contributed by atoms with Gasteiger partial charge in [-0.3, -0.25) is 4.90 Å². The molecule has 0 aromatic heterocycles. The number of carbonyl (C=O) groups excluding carboxylic acids is 1. The van der Waals surface area contributed by atoms with Crippen LogP contribution in [0.4, 0.5) is 0 Å². The Labute approximate surface area is 67.6 Å². The molecule has 1 heterocycles. The zero-order valence-electron chi connectivity index (χ0n) is 6.83. The first-order chi connectivity index (χ1) is 5.40. The summed E-state index contributed by atoms with van der Waals surface area (Å²) in [6.45, 7) is 2.99. The van der Waals surface area contributed by atoms with E-state index < -0.39 is 0 Å². The van der Waals surface area contributed by atoms with Crippen LogP contribution in [-0.2, 0) is 4.79 Å². The maximum Gasteiger partial charge on any atom is 0.133 e. The third-order valence-electron chi connectivity index (χ3n) is 2.93. The van der Waals surface area contributed by atoms with E-state index in [-0.39, 0.29) is 0 Å². The quantitative estimate of drug-likeness (QED) is 0.562. The molecule has 2 aliphatic rings. The van der Waals surface area contributed by atoms with Gasteiger partial charge in [0, 0.05) is 6.54 Å². The van der Waals surface area contributed by atoms with Crippen molar-refractivity contribution in [3.05, 3.63) is 0 Å². The van der Waals surface area contributed by atoms with Crippen molar-refractivity contribution < 1.29 is 4.79 Å². The van der Waals surface area contributed by atoms with Crippen LogP contribution in [0.1, 0.15) is 19.3 Å². The molecule has 0 radical (unpaired) electrons. The molecule has 1 aliphatic heterocycles. The molecular weight excluding hydrogens is 138 g/mol. The molecule has 1 aliphatic carbocycles. The monoisotopic (exact) mass is 153 g/mol. The Bertz CT molecular complexity index is 154. The van der Waals surface area contributed by atoms with E-state index in [0.717, 1.165) is 24.7 Å². The highest BCUT2D eigenvalue weighted by Gasteiger charge is 2.35. The Hall–Kier alpha value is -0.370. The van der Waals surface area contributed by atoms with Gasteiger partial charge < -0.3 is 4.79 Å². The molecule has 1 atom stereocenters. The van der Waals surface area contributed by atoms with Crippen LogP contribution in [0.15, 0.2) is 0 Å². The Morgan fingerprint density at radius 1 is 1.27 bits per heavy atom. The molecule has 0 aromatic rings. The molecular formula is C9H15NO. The molecule has 11 heavy (non-hydrogen) atoms. The van der Waals surface area contributed by atoms with E-state index >= 15 is 0 Å². The molecule has 1 saturated carbocycles. The minimum atomic E-state index is 0.656. The van der Waals surface area contributed by atoms with Crippen molar-refractivity contribution in [3.8, 4) is 0 Å².